The molecule has 3 aromatic heterocycles. The summed E-state index contributed by atoms with van der Waals surface area (Å²) in [6.07, 6.45) is 4.30. The monoisotopic (exact) mass is 400 g/mol. The number of carbonyl (C=O) groups excluding carboxylic acids is 1. The normalized spacial score (nSPS) is 13.3. The van der Waals surface area contributed by atoms with Gasteiger partial charge in [0, 0.05) is 30.2 Å². The van der Waals surface area contributed by atoms with Crippen LogP contribution in [0.4, 0.5) is 0 Å². The Labute approximate surface area is 173 Å². The largest absolute Gasteiger partial charge is 0.456 e. The van der Waals surface area contributed by atoms with E-state index in [1.807, 2.05) is 36.4 Å². The number of benzene rings is 1. The Balaban J connectivity index is 1.34. The van der Waals surface area contributed by atoms with Crippen molar-refractivity contribution in [1.29, 1.82) is 0 Å². The van der Waals surface area contributed by atoms with E-state index in [1.54, 1.807) is 29.4 Å². The van der Waals surface area contributed by atoms with Crippen LogP contribution < -0.4 is 4.74 Å². The van der Waals surface area contributed by atoms with Crippen LogP contribution in [-0.2, 0) is 6.61 Å². The van der Waals surface area contributed by atoms with Crippen LogP contribution in [0, 0.1) is 0 Å². The minimum Gasteiger partial charge on any atom is -0.456 e. The minimum atomic E-state index is -0.0327. The maximum absolute atomic E-state index is 12.2. The molecule has 7 nitrogen and oxygen atoms in total. The number of fused-ring (bicyclic) bond motifs is 1. The molecule has 0 atom stereocenters. The van der Waals surface area contributed by atoms with Gasteiger partial charge in [-0.3, -0.25) is 9.78 Å². The summed E-state index contributed by atoms with van der Waals surface area (Å²) in [5, 5.41) is 10.2. The lowest BCUT2D eigenvalue weighted by molar-refractivity contribution is 0.0645. The van der Waals surface area contributed by atoms with E-state index in [1.165, 1.54) is 0 Å². The molecule has 0 aliphatic carbocycles. The second-order valence-electron chi connectivity index (χ2n) is 7.27. The molecule has 150 valence electrons. The summed E-state index contributed by atoms with van der Waals surface area (Å²) in [4.78, 5) is 26.0. The van der Waals surface area contributed by atoms with Gasteiger partial charge in [-0.1, -0.05) is 6.07 Å². The molecule has 30 heavy (non-hydrogen) atoms. The van der Waals surface area contributed by atoms with Gasteiger partial charge in [0.15, 0.2) is 0 Å². The van der Waals surface area contributed by atoms with E-state index in [2.05, 4.69) is 15.0 Å². The van der Waals surface area contributed by atoms with Gasteiger partial charge in [-0.15, -0.1) is 0 Å². The van der Waals surface area contributed by atoms with Crippen LogP contribution in [0.1, 0.15) is 22.5 Å². The molecule has 0 unspecified atom stereocenters. The Bertz CT molecular complexity index is 1200. The first-order valence-corrected chi connectivity index (χ1v) is 9.82. The molecule has 0 radical (unpaired) electrons. The van der Waals surface area contributed by atoms with Gasteiger partial charge in [0.2, 0.25) is 0 Å². The second-order valence-corrected chi connectivity index (χ2v) is 7.27. The summed E-state index contributed by atoms with van der Waals surface area (Å²) in [6, 6.07) is 15.0. The number of pyridine rings is 2. The zero-order valence-electron chi connectivity index (χ0n) is 16.2. The molecule has 1 fully saturated rings. The lowest BCUT2D eigenvalue weighted by Gasteiger charge is -2.30. The standard InChI is InChI=1S/C23H20N4O3/c28-14-15-2-5-20(24-12-15)22-11-16-10-17(3-6-19(16)26-22)30-18-4-7-21(25-13-18)23(29)27-8-1-9-27/h2-7,10-13,26,28H,1,8-9,14H2. The molecular weight excluding hydrogens is 380 g/mol. The molecule has 7 heteroatoms. The summed E-state index contributed by atoms with van der Waals surface area (Å²) in [5.74, 6) is 1.22. The van der Waals surface area contributed by atoms with Crippen molar-refractivity contribution in [1.82, 2.24) is 19.9 Å². The third-order valence-electron chi connectivity index (χ3n) is 5.21. The first-order valence-electron chi connectivity index (χ1n) is 9.82. The number of nitrogens with zero attached hydrogens (tertiary/aromatic N) is 3. The Morgan fingerprint density at radius 3 is 2.57 bits per heavy atom. The fourth-order valence-electron chi connectivity index (χ4n) is 3.37. The number of likely N-dealkylation sites (tertiary alicyclic amines) is 1. The number of aliphatic hydroxyl groups is 1. The predicted octanol–water partition coefficient (Wildman–Crippen LogP) is 3.76. The molecule has 0 saturated carbocycles. The minimum absolute atomic E-state index is 0.0249. The van der Waals surface area contributed by atoms with Gasteiger partial charge in [0.25, 0.3) is 5.91 Å². The number of hydrogen-bond acceptors (Lipinski definition) is 5. The van der Waals surface area contributed by atoms with Crippen LogP contribution in [-0.4, -0.2) is 44.0 Å². The lowest BCUT2D eigenvalue weighted by atomic mass is 10.2. The number of H-pyrrole nitrogens is 1. The second kappa shape index (κ2) is 7.61. The molecule has 0 spiro atoms. The average molecular weight is 400 g/mol. The van der Waals surface area contributed by atoms with Gasteiger partial charge < -0.3 is 19.7 Å². The highest BCUT2D eigenvalue weighted by Crippen LogP contribution is 2.29. The number of carbonyl (C=O) groups is 1. The van der Waals surface area contributed by atoms with E-state index in [-0.39, 0.29) is 12.5 Å². The first kappa shape index (κ1) is 18.3. The molecule has 5 rings (SSSR count). The fourth-order valence-corrected chi connectivity index (χ4v) is 3.37. The summed E-state index contributed by atoms with van der Waals surface area (Å²) in [7, 11) is 0. The van der Waals surface area contributed by atoms with Crippen molar-refractivity contribution in [2.75, 3.05) is 13.1 Å². The van der Waals surface area contributed by atoms with Crippen molar-refractivity contribution in [3.63, 3.8) is 0 Å². The molecule has 4 aromatic rings. The predicted molar refractivity (Wildman–Crippen MR) is 112 cm³/mol. The highest BCUT2D eigenvalue weighted by atomic mass is 16.5. The Hall–Kier alpha value is -3.71. The Kier molecular flexibility index (Phi) is 4.65. The quantitative estimate of drug-likeness (QED) is 0.532. The van der Waals surface area contributed by atoms with E-state index in [9.17, 15) is 4.79 Å². The van der Waals surface area contributed by atoms with E-state index >= 15 is 0 Å². The summed E-state index contributed by atoms with van der Waals surface area (Å²) >= 11 is 0. The molecule has 1 aliphatic rings. The first-order chi connectivity index (χ1) is 14.7. The zero-order valence-corrected chi connectivity index (χ0v) is 16.2. The van der Waals surface area contributed by atoms with Crippen molar-refractivity contribution in [2.24, 2.45) is 0 Å². The molecular formula is C23H20N4O3. The summed E-state index contributed by atoms with van der Waals surface area (Å²) in [5.41, 5.74) is 3.88. The van der Waals surface area contributed by atoms with Crippen molar-refractivity contribution in [3.8, 4) is 22.9 Å². The lowest BCUT2D eigenvalue weighted by Crippen LogP contribution is -2.42. The third-order valence-corrected chi connectivity index (χ3v) is 5.21. The van der Waals surface area contributed by atoms with E-state index in [4.69, 9.17) is 9.84 Å². The number of aromatic amines is 1. The van der Waals surface area contributed by atoms with Crippen molar-refractivity contribution in [3.05, 3.63) is 72.2 Å². The van der Waals surface area contributed by atoms with E-state index < -0.39 is 0 Å². The highest BCUT2D eigenvalue weighted by molar-refractivity contribution is 5.92. The van der Waals surface area contributed by atoms with Gasteiger partial charge in [-0.05, 0) is 54.4 Å². The molecule has 4 heterocycles. The van der Waals surface area contributed by atoms with Crippen molar-refractivity contribution < 1.29 is 14.6 Å². The third kappa shape index (κ3) is 3.51. The average Bonchev–Trinajstić information content (AvgIpc) is 3.16. The van der Waals surface area contributed by atoms with Gasteiger partial charge in [0.05, 0.1) is 24.2 Å². The van der Waals surface area contributed by atoms with Crippen LogP contribution in [0.2, 0.25) is 0 Å². The van der Waals surface area contributed by atoms with Gasteiger partial charge >= 0.3 is 0 Å². The number of aromatic nitrogens is 3. The maximum atomic E-state index is 12.2. The molecule has 1 aliphatic heterocycles. The molecule has 2 N–H and O–H groups in total. The SMILES string of the molecule is O=C(c1ccc(Oc2ccc3[nH]c(-c4ccc(CO)cn4)cc3c2)cn1)N1CCC1. The topological polar surface area (TPSA) is 91.3 Å². The van der Waals surface area contributed by atoms with Crippen LogP contribution in [0.5, 0.6) is 11.5 Å². The van der Waals surface area contributed by atoms with Gasteiger partial charge in [-0.2, -0.15) is 0 Å². The number of nitrogens with one attached hydrogen (secondary N) is 1. The molecule has 0 bridgehead atoms. The van der Waals surface area contributed by atoms with E-state index in [0.29, 0.717) is 17.2 Å². The molecule has 1 saturated heterocycles. The number of rotatable bonds is 5. The summed E-state index contributed by atoms with van der Waals surface area (Å²) < 4.78 is 5.92. The van der Waals surface area contributed by atoms with Gasteiger partial charge in [-0.25, -0.2) is 4.98 Å². The number of aliphatic hydroxyl groups excluding tert-OH is 1. The van der Waals surface area contributed by atoms with Crippen LogP contribution in [0.3, 0.4) is 0 Å². The van der Waals surface area contributed by atoms with Crippen LogP contribution in [0.15, 0.2) is 60.9 Å². The Morgan fingerprint density at radius 1 is 1.03 bits per heavy atom. The number of ether oxygens (including phenoxy) is 1. The highest BCUT2D eigenvalue weighted by Gasteiger charge is 2.22. The van der Waals surface area contributed by atoms with Crippen molar-refractivity contribution >= 4 is 16.8 Å². The van der Waals surface area contributed by atoms with E-state index in [0.717, 1.165) is 47.4 Å². The fraction of sp³-hybridized carbons (Fsp3) is 0.174. The zero-order chi connectivity index (χ0) is 20.5. The smallest absolute Gasteiger partial charge is 0.272 e. The molecule has 1 aromatic carbocycles. The Morgan fingerprint density at radius 2 is 1.90 bits per heavy atom. The molecule has 1 amide bonds. The maximum Gasteiger partial charge on any atom is 0.272 e. The van der Waals surface area contributed by atoms with Crippen LogP contribution >= 0.6 is 0 Å². The van der Waals surface area contributed by atoms with Crippen molar-refractivity contribution in [2.45, 2.75) is 13.0 Å². The van der Waals surface area contributed by atoms with Gasteiger partial charge in [0.1, 0.15) is 17.2 Å². The number of hydrogen-bond donors (Lipinski definition) is 2. The summed E-state index contributed by atoms with van der Waals surface area (Å²) in [6.45, 7) is 1.58. The van der Waals surface area contributed by atoms with Crippen LogP contribution in [0.25, 0.3) is 22.3 Å². The number of amides is 1.